The topological polar surface area (TPSA) is 101 Å². The van der Waals surface area contributed by atoms with Crippen LogP contribution < -0.4 is 0 Å². The molecule has 2 heterocycles. The van der Waals surface area contributed by atoms with Gasteiger partial charge in [-0.3, -0.25) is 9.97 Å². The Labute approximate surface area is 110 Å². The van der Waals surface area contributed by atoms with Crippen LogP contribution in [0.25, 0.3) is 21.5 Å². The highest BCUT2D eigenvalue weighted by molar-refractivity contribution is 9.10. The second kappa shape index (κ2) is 4.99. The third-order valence-corrected chi connectivity index (χ3v) is 2.63. The second-order valence-corrected chi connectivity index (χ2v) is 4.14. The molecule has 0 saturated carbocycles. The largest absolute Gasteiger partial charge is 0.465 e. The number of ether oxygens (including phenoxy) is 1. The Bertz CT molecular complexity index is 681. The molecule has 7 nitrogen and oxygen atoms in total. The number of fused-ring (bicyclic) bond motifs is 1. The van der Waals surface area contributed by atoms with Gasteiger partial charge >= 0.3 is 5.97 Å². The summed E-state index contributed by atoms with van der Waals surface area (Å²) in [5.41, 5.74) is 9.61. The van der Waals surface area contributed by atoms with Gasteiger partial charge in [-0.2, -0.15) is 0 Å². The average molecular weight is 308 g/mol. The quantitative estimate of drug-likeness (QED) is 0.368. The number of esters is 1. The number of aromatic nitrogens is 2. The summed E-state index contributed by atoms with van der Waals surface area (Å²) in [6, 6.07) is 1.71. The molecule has 0 aromatic carbocycles. The van der Waals surface area contributed by atoms with Crippen LogP contribution in [-0.2, 0) is 4.74 Å². The van der Waals surface area contributed by atoms with E-state index in [-0.39, 0.29) is 11.3 Å². The Hall–Kier alpha value is -2.18. The van der Waals surface area contributed by atoms with Crippen molar-refractivity contribution in [3.05, 3.63) is 38.9 Å². The molecular weight excluding hydrogens is 302 g/mol. The molecular formula is C10H6BrN5O2. The molecule has 0 spiro atoms. The molecule has 0 atom stereocenters. The Kier molecular flexibility index (Phi) is 3.40. The highest BCUT2D eigenvalue weighted by Crippen LogP contribution is 2.29. The molecule has 0 aliphatic carbocycles. The van der Waals surface area contributed by atoms with Crippen LogP contribution in [0.3, 0.4) is 0 Å². The van der Waals surface area contributed by atoms with Crippen LogP contribution in [0.2, 0.25) is 0 Å². The van der Waals surface area contributed by atoms with E-state index in [1.165, 1.54) is 19.5 Å². The third-order valence-electron chi connectivity index (χ3n) is 2.20. The van der Waals surface area contributed by atoms with Crippen molar-refractivity contribution in [2.24, 2.45) is 5.11 Å². The number of halogens is 1. The van der Waals surface area contributed by atoms with Crippen LogP contribution in [-0.4, -0.2) is 23.0 Å². The fourth-order valence-electron chi connectivity index (χ4n) is 1.44. The average Bonchev–Trinajstić information content (AvgIpc) is 2.38. The molecule has 0 amide bonds. The van der Waals surface area contributed by atoms with Gasteiger partial charge in [0, 0.05) is 21.8 Å². The first-order valence-corrected chi connectivity index (χ1v) is 5.54. The molecule has 0 radical (unpaired) electrons. The lowest BCUT2D eigenvalue weighted by Gasteiger charge is -2.05. The van der Waals surface area contributed by atoms with E-state index in [1.807, 2.05) is 0 Å². The van der Waals surface area contributed by atoms with E-state index in [4.69, 9.17) is 5.53 Å². The summed E-state index contributed by atoms with van der Waals surface area (Å²) < 4.78 is 5.33. The van der Waals surface area contributed by atoms with E-state index in [0.29, 0.717) is 11.0 Å². The summed E-state index contributed by atoms with van der Waals surface area (Å²) in [6.07, 6.45) is 2.83. The predicted molar refractivity (Wildman–Crippen MR) is 67.4 cm³/mol. The summed E-state index contributed by atoms with van der Waals surface area (Å²) >= 11 is 3.26. The summed E-state index contributed by atoms with van der Waals surface area (Å²) in [5.74, 6) is -0.628. The number of azide groups is 1. The number of nitrogens with zero attached hydrogens (tertiary/aromatic N) is 5. The Morgan fingerprint density at radius 3 is 2.94 bits per heavy atom. The number of rotatable bonds is 2. The van der Waals surface area contributed by atoms with Gasteiger partial charge in [0.15, 0.2) is 0 Å². The molecule has 0 fully saturated rings. The third kappa shape index (κ3) is 2.11. The lowest BCUT2D eigenvalue weighted by atomic mass is 10.2. The standard InChI is InChI=1S/C10H6BrN5O2/c1-18-10(17)6-4-13-7-2-5(11)3-14-9(7)8(6)15-16-12/h2-4H,1H3. The molecule has 90 valence electrons. The maximum absolute atomic E-state index is 11.5. The van der Waals surface area contributed by atoms with E-state index in [2.05, 4.69) is 40.7 Å². The molecule has 0 bridgehead atoms. The van der Waals surface area contributed by atoms with Gasteiger partial charge in [-0.1, -0.05) is 5.11 Å². The summed E-state index contributed by atoms with van der Waals surface area (Å²) in [4.78, 5) is 22.4. The fourth-order valence-corrected chi connectivity index (χ4v) is 1.76. The molecule has 0 aliphatic heterocycles. The highest BCUT2D eigenvalue weighted by atomic mass is 79.9. The van der Waals surface area contributed by atoms with Crippen molar-refractivity contribution < 1.29 is 9.53 Å². The zero-order chi connectivity index (χ0) is 13.1. The maximum atomic E-state index is 11.5. The first-order valence-electron chi connectivity index (χ1n) is 4.75. The lowest BCUT2D eigenvalue weighted by molar-refractivity contribution is 0.0601. The van der Waals surface area contributed by atoms with Crippen LogP contribution in [0, 0.1) is 0 Å². The van der Waals surface area contributed by atoms with Crippen LogP contribution in [0.1, 0.15) is 10.4 Å². The van der Waals surface area contributed by atoms with Gasteiger partial charge in [0.2, 0.25) is 0 Å². The smallest absolute Gasteiger partial charge is 0.339 e. The van der Waals surface area contributed by atoms with E-state index in [1.54, 1.807) is 6.07 Å². The summed E-state index contributed by atoms with van der Waals surface area (Å²) in [6.45, 7) is 0. The first kappa shape index (κ1) is 12.3. The van der Waals surface area contributed by atoms with Crippen molar-refractivity contribution in [1.29, 1.82) is 0 Å². The zero-order valence-electron chi connectivity index (χ0n) is 9.16. The lowest BCUT2D eigenvalue weighted by Crippen LogP contribution is -2.03. The molecule has 0 unspecified atom stereocenters. The number of carbonyl (C=O) groups is 1. The van der Waals surface area contributed by atoms with Crippen molar-refractivity contribution in [3.63, 3.8) is 0 Å². The van der Waals surface area contributed by atoms with Gasteiger partial charge in [0.25, 0.3) is 0 Å². The van der Waals surface area contributed by atoms with Gasteiger partial charge in [0.1, 0.15) is 0 Å². The van der Waals surface area contributed by atoms with Gasteiger partial charge < -0.3 is 4.74 Å². The van der Waals surface area contributed by atoms with Crippen molar-refractivity contribution in [3.8, 4) is 0 Å². The molecule has 2 aromatic rings. The first-order chi connectivity index (χ1) is 8.67. The van der Waals surface area contributed by atoms with Crippen molar-refractivity contribution in [1.82, 2.24) is 9.97 Å². The van der Waals surface area contributed by atoms with E-state index in [0.717, 1.165) is 4.47 Å². The molecule has 2 aromatic heterocycles. The molecule has 0 saturated heterocycles. The van der Waals surface area contributed by atoms with Crippen LogP contribution in [0.5, 0.6) is 0 Å². The van der Waals surface area contributed by atoms with Crippen LogP contribution in [0.15, 0.2) is 28.0 Å². The minimum atomic E-state index is -0.628. The zero-order valence-corrected chi connectivity index (χ0v) is 10.7. The monoisotopic (exact) mass is 307 g/mol. The normalized spacial score (nSPS) is 9.89. The Morgan fingerprint density at radius 1 is 1.50 bits per heavy atom. The van der Waals surface area contributed by atoms with E-state index < -0.39 is 5.97 Å². The van der Waals surface area contributed by atoms with Crippen LogP contribution >= 0.6 is 15.9 Å². The number of hydrogen-bond donors (Lipinski definition) is 0. The predicted octanol–water partition coefficient (Wildman–Crippen LogP) is 3.12. The molecule has 8 heteroatoms. The maximum Gasteiger partial charge on any atom is 0.339 e. The van der Waals surface area contributed by atoms with Crippen molar-refractivity contribution in [2.45, 2.75) is 0 Å². The number of methoxy groups -OCH3 is 1. The summed E-state index contributed by atoms with van der Waals surface area (Å²) in [7, 11) is 1.24. The van der Waals surface area contributed by atoms with Crippen molar-refractivity contribution >= 4 is 38.6 Å². The molecule has 18 heavy (non-hydrogen) atoms. The minimum Gasteiger partial charge on any atom is -0.465 e. The number of hydrogen-bond acceptors (Lipinski definition) is 5. The Balaban J connectivity index is 2.82. The van der Waals surface area contributed by atoms with Gasteiger partial charge in [-0.05, 0) is 27.5 Å². The minimum absolute atomic E-state index is 0.0811. The van der Waals surface area contributed by atoms with Gasteiger partial charge in [0.05, 0.1) is 29.4 Å². The Morgan fingerprint density at radius 2 is 2.28 bits per heavy atom. The summed E-state index contributed by atoms with van der Waals surface area (Å²) in [5, 5.41) is 3.50. The number of pyridine rings is 2. The van der Waals surface area contributed by atoms with E-state index >= 15 is 0 Å². The second-order valence-electron chi connectivity index (χ2n) is 3.22. The highest BCUT2D eigenvalue weighted by Gasteiger charge is 2.15. The van der Waals surface area contributed by atoms with Crippen molar-refractivity contribution in [2.75, 3.05) is 7.11 Å². The van der Waals surface area contributed by atoms with Gasteiger partial charge in [-0.15, -0.1) is 0 Å². The van der Waals surface area contributed by atoms with E-state index in [9.17, 15) is 4.79 Å². The van der Waals surface area contributed by atoms with Crippen LogP contribution in [0.4, 0.5) is 5.69 Å². The number of carbonyl (C=O) groups excluding carboxylic acids is 1. The molecule has 2 rings (SSSR count). The molecule has 0 N–H and O–H groups in total. The SMILES string of the molecule is COC(=O)c1cnc2cc(Br)cnc2c1N=[N+]=[N-]. The fraction of sp³-hybridized carbons (Fsp3) is 0.100. The molecule has 0 aliphatic rings. The van der Waals surface area contributed by atoms with Gasteiger partial charge in [-0.25, -0.2) is 4.79 Å².